The lowest BCUT2D eigenvalue weighted by atomic mass is 10.1. The van der Waals surface area contributed by atoms with E-state index in [0.29, 0.717) is 35.2 Å². The van der Waals surface area contributed by atoms with Crippen molar-refractivity contribution in [3.63, 3.8) is 0 Å². The summed E-state index contributed by atoms with van der Waals surface area (Å²) in [5, 5.41) is 10.9. The van der Waals surface area contributed by atoms with Gasteiger partial charge in [0.05, 0.1) is 18.5 Å². The summed E-state index contributed by atoms with van der Waals surface area (Å²) in [5.41, 5.74) is 2.91. The Kier molecular flexibility index (Phi) is 9.40. The molecule has 1 aromatic heterocycles. The van der Waals surface area contributed by atoms with Crippen molar-refractivity contribution in [2.45, 2.75) is 64.6 Å². The average molecular weight is 551 g/mol. The second-order valence-electron chi connectivity index (χ2n) is 10.2. The highest BCUT2D eigenvalue weighted by molar-refractivity contribution is 6.32. The number of hydrogen-bond donors (Lipinski definition) is 3. The lowest BCUT2D eigenvalue weighted by Crippen LogP contribution is -2.25. The zero-order valence-electron chi connectivity index (χ0n) is 22.9. The van der Waals surface area contributed by atoms with Crippen molar-refractivity contribution in [3.8, 4) is 11.5 Å². The predicted octanol–water partition coefficient (Wildman–Crippen LogP) is 6.52. The van der Waals surface area contributed by atoms with Gasteiger partial charge in [0.1, 0.15) is 22.6 Å². The van der Waals surface area contributed by atoms with Crippen LogP contribution >= 0.6 is 11.6 Å². The zero-order valence-corrected chi connectivity index (χ0v) is 23.6. The lowest BCUT2D eigenvalue weighted by molar-refractivity contribution is 0.201. The largest absolute Gasteiger partial charge is 0.492 e. The molecule has 0 amide bonds. The van der Waals surface area contributed by atoms with Crippen molar-refractivity contribution in [1.29, 1.82) is 0 Å². The SMILES string of the molecule is CCOc1cc(OC2CCN(CC)C2)ccc1Nc1ncc(Cl)c(Nc2ccccc2CNC2CCCC2)n1. The first-order valence-corrected chi connectivity index (χ1v) is 14.5. The normalized spacial score (nSPS) is 17.9. The monoisotopic (exact) mass is 550 g/mol. The number of halogens is 1. The fourth-order valence-electron chi connectivity index (χ4n) is 5.27. The first-order chi connectivity index (χ1) is 19.1. The minimum Gasteiger partial charge on any atom is -0.492 e. The van der Waals surface area contributed by atoms with Gasteiger partial charge in [-0.05, 0) is 56.5 Å². The van der Waals surface area contributed by atoms with Crippen molar-refractivity contribution in [3.05, 3.63) is 59.2 Å². The maximum absolute atomic E-state index is 6.51. The predicted molar refractivity (Wildman–Crippen MR) is 158 cm³/mol. The Hall–Kier alpha value is -3.07. The summed E-state index contributed by atoms with van der Waals surface area (Å²) in [4.78, 5) is 11.5. The van der Waals surface area contributed by atoms with E-state index in [-0.39, 0.29) is 6.10 Å². The number of likely N-dealkylation sites (tertiary alicyclic amines) is 1. The van der Waals surface area contributed by atoms with Gasteiger partial charge < -0.3 is 25.4 Å². The number of anilines is 4. The van der Waals surface area contributed by atoms with E-state index in [1.807, 2.05) is 37.3 Å². The summed E-state index contributed by atoms with van der Waals surface area (Å²) in [5.74, 6) is 2.46. The molecular weight excluding hydrogens is 512 g/mol. The van der Waals surface area contributed by atoms with E-state index in [2.05, 4.69) is 49.9 Å². The molecule has 1 unspecified atom stereocenters. The quantitative estimate of drug-likeness (QED) is 0.235. The Morgan fingerprint density at radius 3 is 2.67 bits per heavy atom. The second kappa shape index (κ2) is 13.3. The third-order valence-corrected chi connectivity index (χ3v) is 7.71. The molecule has 8 nitrogen and oxygen atoms in total. The number of nitrogens with zero attached hydrogens (tertiary/aromatic N) is 3. The first kappa shape index (κ1) is 27.5. The van der Waals surface area contributed by atoms with Gasteiger partial charge in [0.2, 0.25) is 5.95 Å². The highest BCUT2D eigenvalue weighted by Gasteiger charge is 2.23. The smallest absolute Gasteiger partial charge is 0.229 e. The van der Waals surface area contributed by atoms with E-state index in [4.69, 9.17) is 21.1 Å². The molecule has 0 spiro atoms. The van der Waals surface area contributed by atoms with Crippen LogP contribution < -0.4 is 25.4 Å². The van der Waals surface area contributed by atoms with Gasteiger partial charge in [-0.1, -0.05) is 49.6 Å². The number of ether oxygens (including phenoxy) is 2. The van der Waals surface area contributed by atoms with Crippen LogP contribution in [0.15, 0.2) is 48.7 Å². The lowest BCUT2D eigenvalue weighted by Gasteiger charge is -2.18. The summed E-state index contributed by atoms with van der Waals surface area (Å²) in [6, 6.07) is 14.7. The summed E-state index contributed by atoms with van der Waals surface area (Å²) in [6.07, 6.45) is 7.95. The topological polar surface area (TPSA) is 83.6 Å². The molecule has 3 aromatic rings. The summed E-state index contributed by atoms with van der Waals surface area (Å²) < 4.78 is 12.2. The number of rotatable bonds is 12. The molecule has 1 atom stereocenters. The average Bonchev–Trinajstić information content (AvgIpc) is 3.64. The van der Waals surface area contributed by atoms with E-state index in [1.165, 1.54) is 31.2 Å². The molecule has 208 valence electrons. The molecule has 5 rings (SSSR count). The van der Waals surface area contributed by atoms with Crippen molar-refractivity contribution in [1.82, 2.24) is 20.2 Å². The molecule has 2 aromatic carbocycles. The second-order valence-corrected chi connectivity index (χ2v) is 10.6. The summed E-state index contributed by atoms with van der Waals surface area (Å²) >= 11 is 6.51. The molecule has 9 heteroatoms. The van der Waals surface area contributed by atoms with Gasteiger partial charge in [0, 0.05) is 37.4 Å². The number of aromatic nitrogens is 2. The number of likely N-dealkylation sites (N-methyl/N-ethyl adjacent to an activating group) is 1. The molecule has 2 heterocycles. The number of nitrogens with one attached hydrogen (secondary N) is 3. The third kappa shape index (κ3) is 7.32. The summed E-state index contributed by atoms with van der Waals surface area (Å²) in [6.45, 7) is 8.56. The minimum absolute atomic E-state index is 0.197. The van der Waals surface area contributed by atoms with Crippen LogP contribution in [0, 0.1) is 0 Å². The molecule has 0 bridgehead atoms. The van der Waals surface area contributed by atoms with E-state index < -0.39 is 0 Å². The highest BCUT2D eigenvalue weighted by atomic mass is 35.5. The van der Waals surface area contributed by atoms with Crippen molar-refractivity contribution in [2.24, 2.45) is 0 Å². The molecule has 39 heavy (non-hydrogen) atoms. The van der Waals surface area contributed by atoms with Crippen LogP contribution in [0.1, 0.15) is 51.5 Å². The van der Waals surface area contributed by atoms with Crippen LogP contribution in [-0.4, -0.2) is 53.3 Å². The Morgan fingerprint density at radius 1 is 1.03 bits per heavy atom. The number of para-hydroxylation sites is 1. The molecule has 0 radical (unpaired) electrons. The van der Waals surface area contributed by atoms with Crippen LogP contribution in [0.4, 0.5) is 23.1 Å². The fourth-order valence-corrected chi connectivity index (χ4v) is 5.41. The van der Waals surface area contributed by atoms with Gasteiger partial charge in [-0.15, -0.1) is 0 Å². The van der Waals surface area contributed by atoms with Crippen LogP contribution in [0.25, 0.3) is 0 Å². The maximum atomic E-state index is 6.51. The first-order valence-electron chi connectivity index (χ1n) is 14.1. The van der Waals surface area contributed by atoms with E-state index >= 15 is 0 Å². The Labute approximate surface area is 236 Å². The minimum atomic E-state index is 0.197. The number of benzene rings is 2. The molecule has 1 aliphatic carbocycles. The zero-order chi connectivity index (χ0) is 27.0. The van der Waals surface area contributed by atoms with Crippen molar-refractivity contribution >= 4 is 34.7 Å². The molecule has 3 N–H and O–H groups in total. The van der Waals surface area contributed by atoms with Gasteiger partial charge in [-0.3, -0.25) is 4.90 Å². The molecule has 1 saturated carbocycles. The fraction of sp³-hybridized carbons (Fsp3) is 0.467. The van der Waals surface area contributed by atoms with Gasteiger partial charge >= 0.3 is 0 Å². The van der Waals surface area contributed by atoms with Crippen LogP contribution in [0.2, 0.25) is 5.02 Å². The van der Waals surface area contributed by atoms with Crippen LogP contribution in [-0.2, 0) is 6.54 Å². The van der Waals surface area contributed by atoms with Crippen molar-refractivity contribution in [2.75, 3.05) is 36.9 Å². The molecular formula is C30H39ClN6O2. The molecule has 2 aliphatic rings. The number of hydrogen-bond acceptors (Lipinski definition) is 8. The van der Waals surface area contributed by atoms with E-state index in [0.717, 1.165) is 49.7 Å². The summed E-state index contributed by atoms with van der Waals surface area (Å²) in [7, 11) is 0. The third-order valence-electron chi connectivity index (χ3n) is 7.43. The van der Waals surface area contributed by atoms with Gasteiger partial charge in [-0.2, -0.15) is 4.98 Å². The van der Waals surface area contributed by atoms with E-state index in [9.17, 15) is 0 Å². The molecule has 2 fully saturated rings. The maximum Gasteiger partial charge on any atom is 0.229 e. The van der Waals surface area contributed by atoms with E-state index in [1.54, 1.807) is 6.20 Å². The molecule has 1 aliphatic heterocycles. The van der Waals surface area contributed by atoms with Gasteiger partial charge in [0.15, 0.2) is 5.82 Å². The Balaban J connectivity index is 1.29. The van der Waals surface area contributed by atoms with Gasteiger partial charge in [0.25, 0.3) is 0 Å². The Morgan fingerprint density at radius 2 is 1.87 bits per heavy atom. The van der Waals surface area contributed by atoms with Crippen molar-refractivity contribution < 1.29 is 9.47 Å². The van der Waals surface area contributed by atoms with Crippen LogP contribution in [0.5, 0.6) is 11.5 Å². The van der Waals surface area contributed by atoms with Crippen LogP contribution in [0.3, 0.4) is 0 Å². The molecule has 1 saturated heterocycles. The van der Waals surface area contributed by atoms with Gasteiger partial charge in [-0.25, -0.2) is 4.98 Å². The Bertz CT molecular complexity index is 1240. The standard InChI is InChI=1S/C30H39ClN6O2/c1-3-37-16-15-24(20-37)39-23-13-14-27(28(17-23)38-4-2)35-30-33-19-25(31)29(36-30)34-26-12-8-5-9-21(26)18-32-22-10-6-7-11-22/h5,8-9,12-14,17,19,22,24,32H,3-4,6-7,10-11,15-16,18,20H2,1-2H3,(H2,33,34,35,36). The highest BCUT2D eigenvalue weighted by Crippen LogP contribution is 2.33.